The van der Waals surface area contributed by atoms with Crippen molar-refractivity contribution >= 4 is 35.0 Å². The molecule has 0 bridgehead atoms. The highest BCUT2D eigenvalue weighted by Gasteiger charge is 2.09. The van der Waals surface area contributed by atoms with E-state index in [9.17, 15) is 0 Å². The van der Waals surface area contributed by atoms with Gasteiger partial charge in [0.1, 0.15) is 0 Å². The Morgan fingerprint density at radius 3 is 2.40 bits per heavy atom. The third-order valence-electron chi connectivity index (χ3n) is 3.02. The molecular weight excluding hydrogens is 309 g/mol. The molecule has 20 heavy (non-hydrogen) atoms. The Balaban J connectivity index is 2.20. The van der Waals surface area contributed by atoms with E-state index in [2.05, 4.69) is 31.3 Å². The Morgan fingerprint density at radius 1 is 1.05 bits per heavy atom. The highest BCUT2D eigenvalue weighted by Crippen LogP contribution is 2.37. The van der Waals surface area contributed by atoms with Gasteiger partial charge in [0.25, 0.3) is 0 Å². The van der Waals surface area contributed by atoms with Gasteiger partial charge in [-0.15, -0.1) is 0 Å². The minimum absolute atomic E-state index is 0.303. The summed E-state index contributed by atoms with van der Waals surface area (Å²) >= 11 is 14.2. The Morgan fingerprint density at radius 2 is 1.75 bits per heavy atom. The predicted octanol–water partition coefficient (Wildman–Crippen LogP) is 5.82. The second-order valence-corrected chi connectivity index (χ2v) is 6.40. The molecule has 0 amide bonds. The third-order valence-corrected chi connectivity index (χ3v) is 5.04. The van der Waals surface area contributed by atoms with Crippen molar-refractivity contribution in [1.82, 2.24) is 5.32 Å². The summed E-state index contributed by atoms with van der Waals surface area (Å²) in [5.41, 5.74) is 1.19. The van der Waals surface area contributed by atoms with Crippen LogP contribution in [0.5, 0.6) is 0 Å². The van der Waals surface area contributed by atoms with E-state index in [-0.39, 0.29) is 0 Å². The van der Waals surface area contributed by atoms with Gasteiger partial charge in [0.2, 0.25) is 0 Å². The second-order valence-electron chi connectivity index (χ2n) is 4.50. The summed E-state index contributed by atoms with van der Waals surface area (Å²) in [6.07, 6.45) is 0. The number of benzene rings is 2. The molecule has 1 N–H and O–H groups in total. The SMILES string of the molecule is CCNC(C)c1ccc(Sc2ccccc2Cl)c(Cl)c1. The molecule has 1 unspecified atom stereocenters. The van der Waals surface area contributed by atoms with Gasteiger partial charge in [-0.05, 0) is 43.3 Å². The number of rotatable bonds is 5. The summed E-state index contributed by atoms with van der Waals surface area (Å²) in [6, 6.07) is 14.3. The van der Waals surface area contributed by atoms with Crippen LogP contribution >= 0.6 is 35.0 Å². The largest absolute Gasteiger partial charge is 0.310 e. The minimum atomic E-state index is 0.303. The molecule has 0 spiro atoms. The fourth-order valence-corrected chi connectivity index (χ4v) is 3.34. The lowest BCUT2D eigenvalue weighted by Gasteiger charge is -2.14. The first-order chi connectivity index (χ1) is 9.61. The Hall–Kier alpha value is -0.670. The molecule has 2 aromatic rings. The highest BCUT2D eigenvalue weighted by molar-refractivity contribution is 7.99. The van der Waals surface area contributed by atoms with Crippen LogP contribution in [0.4, 0.5) is 0 Å². The van der Waals surface area contributed by atoms with Gasteiger partial charge in [-0.1, -0.05) is 60.1 Å². The highest BCUT2D eigenvalue weighted by atomic mass is 35.5. The Bertz CT molecular complexity index is 586. The predicted molar refractivity (Wildman–Crippen MR) is 89.1 cm³/mol. The van der Waals surface area contributed by atoms with Crippen molar-refractivity contribution in [2.45, 2.75) is 29.7 Å². The summed E-state index contributed by atoms with van der Waals surface area (Å²) in [5.74, 6) is 0. The Labute approximate surface area is 134 Å². The average Bonchev–Trinajstić information content (AvgIpc) is 2.43. The number of halogens is 2. The van der Waals surface area contributed by atoms with Gasteiger partial charge >= 0.3 is 0 Å². The number of hydrogen-bond donors (Lipinski definition) is 1. The molecule has 0 aliphatic heterocycles. The lowest BCUT2D eigenvalue weighted by molar-refractivity contribution is 0.598. The van der Waals surface area contributed by atoms with Crippen LogP contribution in [0.25, 0.3) is 0 Å². The van der Waals surface area contributed by atoms with Gasteiger partial charge in [0.05, 0.1) is 10.0 Å². The summed E-state index contributed by atoms with van der Waals surface area (Å²) < 4.78 is 0. The Kier molecular flexibility index (Phi) is 5.79. The van der Waals surface area contributed by atoms with Gasteiger partial charge in [-0.25, -0.2) is 0 Å². The molecule has 2 rings (SSSR count). The van der Waals surface area contributed by atoms with Crippen LogP contribution in [-0.4, -0.2) is 6.54 Å². The van der Waals surface area contributed by atoms with E-state index in [1.807, 2.05) is 30.3 Å². The second kappa shape index (κ2) is 7.37. The zero-order valence-electron chi connectivity index (χ0n) is 11.5. The van der Waals surface area contributed by atoms with Gasteiger partial charge < -0.3 is 5.32 Å². The molecule has 0 heterocycles. The van der Waals surface area contributed by atoms with E-state index >= 15 is 0 Å². The molecular formula is C16H17Cl2NS. The average molecular weight is 326 g/mol. The van der Waals surface area contributed by atoms with Crippen LogP contribution in [0.1, 0.15) is 25.5 Å². The van der Waals surface area contributed by atoms with Gasteiger partial charge in [-0.3, -0.25) is 0 Å². The van der Waals surface area contributed by atoms with Crippen molar-refractivity contribution in [3.05, 3.63) is 58.1 Å². The quantitative estimate of drug-likeness (QED) is 0.743. The van der Waals surface area contributed by atoms with E-state index < -0.39 is 0 Å². The number of nitrogens with one attached hydrogen (secondary N) is 1. The van der Waals surface area contributed by atoms with Crippen LogP contribution in [0.2, 0.25) is 10.0 Å². The standard InChI is InChI=1S/C16H17Cl2NS/c1-3-19-11(2)12-8-9-16(14(18)10-12)20-15-7-5-4-6-13(15)17/h4-11,19H,3H2,1-2H3. The van der Waals surface area contributed by atoms with Crippen molar-refractivity contribution in [3.8, 4) is 0 Å². The topological polar surface area (TPSA) is 12.0 Å². The summed E-state index contributed by atoms with van der Waals surface area (Å²) in [5, 5.41) is 4.89. The third kappa shape index (κ3) is 3.92. The van der Waals surface area contributed by atoms with Gasteiger partial charge in [0.15, 0.2) is 0 Å². The van der Waals surface area contributed by atoms with Gasteiger partial charge in [0, 0.05) is 15.8 Å². The van der Waals surface area contributed by atoms with E-state index in [0.717, 1.165) is 26.4 Å². The monoisotopic (exact) mass is 325 g/mol. The molecule has 2 aromatic carbocycles. The van der Waals surface area contributed by atoms with Crippen LogP contribution in [0, 0.1) is 0 Å². The smallest absolute Gasteiger partial charge is 0.0548 e. The fourth-order valence-electron chi connectivity index (χ4n) is 1.94. The molecule has 106 valence electrons. The van der Waals surface area contributed by atoms with Crippen molar-refractivity contribution in [1.29, 1.82) is 0 Å². The summed E-state index contributed by atoms with van der Waals surface area (Å²) in [6.45, 7) is 5.17. The summed E-state index contributed by atoms with van der Waals surface area (Å²) in [7, 11) is 0. The molecule has 0 aliphatic carbocycles. The number of hydrogen-bond acceptors (Lipinski definition) is 2. The van der Waals surface area contributed by atoms with Crippen LogP contribution in [-0.2, 0) is 0 Å². The van der Waals surface area contributed by atoms with Crippen LogP contribution in [0.15, 0.2) is 52.3 Å². The maximum Gasteiger partial charge on any atom is 0.0548 e. The van der Waals surface area contributed by atoms with Crippen molar-refractivity contribution in [2.75, 3.05) is 6.54 Å². The van der Waals surface area contributed by atoms with Crippen LogP contribution < -0.4 is 5.32 Å². The van der Waals surface area contributed by atoms with E-state index in [0.29, 0.717) is 6.04 Å². The van der Waals surface area contributed by atoms with Crippen molar-refractivity contribution in [2.24, 2.45) is 0 Å². The molecule has 4 heteroatoms. The molecule has 0 aliphatic rings. The first-order valence-electron chi connectivity index (χ1n) is 6.57. The first kappa shape index (κ1) is 15.7. The molecule has 1 atom stereocenters. The van der Waals surface area contributed by atoms with E-state index in [1.165, 1.54) is 5.56 Å². The first-order valence-corrected chi connectivity index (χ1v) is 8.14. The normalized spacial score (nSPS) is 12.4. The molecule has 0 radical (unpaired) electrons. The lowest BCUT2D eigenvalue weighted by Crippen LogP contribution is -2.17. The lowest BCUT2D eigenvalue weighted by atomic mass is 10.1. The molecule has 0 aromatic heterocycles. The minimum Gasteiger partial charge on any atom is -0.310 e. The fraction of sp³-hybridized carbons (Fsp3) is 0.250. The molecule has 0 saturated heterocycles. The maximum atomic E-state index is 6.38. The van der Waals surface area contributed by atoms with Crippen molar-refractivity contribution in [3.63, 3.8) is 0 Å². The molecule has 1 nitrogen and oxygen atoms in total. The zero-order valence-corrected chi connectivity index (χ0v) is 13.8. The maximum absolute atomic E-state index is 6.38. The zero-order chi connectivity index (χ0) is 14.5. The van der Waals surface area contributed by atoms with E-state index in [1.54, 1.807) is 11.8 Å². The van der Waals surface area contributed by atoms with Gasteiger partial charge in [-0.2, -0.15) is 0 Å². The molecule has 0 fully saturated rings. The summed E-state index contributed by atoms with van der Waals surface area (Å²) in [4.78, 5) is 2.04. The van der Waals surface area contributed by atoms with Crippen molar-refractivity contribution < 1.29 is 0 Å². The van der Waals surface area contributed by atoms with Crippen LogP contribution in [0.3, 0.4) is 0 Å². The molecule has 0 saturated carbocycles. The van der Waals surface area contributed by atoms with E-state index in [4.69, 9.17) is 23.2 Å².